The highest BCUT2D eigenvalue weighted by Gasteiger charge is 2.43. The van der Waals surface area contributed by atoms with Gasteiger partial charge in [-0.1, -0.05) is 27.7 Å². The van der Waals surface area contributed by atoms with Gasteiger partial charge in [0.05, 0.1) is 6.20 Å². The van der Waals surface area contributed by atoms with Crippen LogP contribution in [0.2, 0.25) is 0 Å². The maximum Gasteiger partial charge on any atom is 0.199 e. The Labute approximate surface area is 79.4 Å². The lowest BCUT2D eigenvalue weighted by Gasteiger charge is -2.12. The quantitative estimate of drug-likeness (QED) is 0.662. The van der Waals surface area contributed by atoms with Gasteiger partial charge in [0.15, 0.2) is 5.89 Å². The molecule has 1 fully saturated rings. The molecule has 2 heteroatoms. The van der Waals surface area contributed by atoms with Crippen LogP contribution in [-0.4, -0.2) is 4.98 Å². The lowest BCUT2D eigenvalue weighted by atomic mass is 9.97. The smallest absolute Gasteiger partial charge is 0.199 e. The second-order valence-corrected chi connectivity index (χ2v) is 5.34. The molecule has 13 heavy (non-hydrogen) atoms. The molecule has 0 bridgehead atoms. The molecule has 0 aliphatic heterocycles. The molecule has 2 nitrogen and oxygen atoms in total. The van der Waals surface area contributed by atoms with Gasteiger partial charge < -0.3 is 4.42 Å². The summed E-state index contributed by atoms with van der Waals surface area (Å²) in [5, 5.41) is 0. The first-order valence-corrected chi connectivity index (χ1v) is 4.89. The summed E-state index contributed by atoms with van der Waals surface area (Å²) in [5.41, 5.74) is 0.333. The van der Waals surface area contributed by atoms with Crippen molar-refractivity contribution in [3.8, 4) is 0 Å². The van der Waals surface area contributed by atoms with E-state index in [4.69, 9.17) is 4.42 Å². The van der Waals surface area contributed by atoms with E-state index >= 15 is 0 Å². The lowest BCUT2D eigenvalue weighted by Crippen LogP contribution is -2.11. The van der Waals surface area contributed by atoms with Crippen molar-refractivity contribution in [2.45, 2.75) is 51.4 Å². The van der Waals surface area contributed by atoms with Gasteiger partial charge in [-0.25, -0.2) is 4.98 Å². The van der Waals surface area contributed by atoms with Gasteiger partial charge in [0.1, 0.15) is 5.76 Å². The number of rotatable bonds is 1. The molecule has 1 saturated carbocycles. The summed E-state index contributed by atoms with van der Waals surface area (Å²) >= 11 is 0. The average Bonchev–Trinajstić information content (AvgIpc) is 2.60. The van der Waals surface area contributed by atoms with Gasteiger partial charge in [0.2, 0.25) is 0 Å². The molecule has 0 radical (unpaired) electrons. The third-order valence-electron chi connectivity index (χ3n) is 2.74. The van der Waals surface area contributed by atoms with E-state index in [1.165, 1.54) is 12.8 Å². The fourth-order valence-corrected chi connectivity index (χ4v) is 1.33. The first-order chi connectivity index (χ1) is 5.92. The summed E-state index contributed by atoms with van der Waals surface area (Å²) in [6.07, 6.45) is 4.38. The van der Waals surface area contributed by atoms with E-state index in [-0.39, 0.29) is 5.41 Å². The zero-order valence-corrected chi connectivity index (χ0v) is 8.85. The molecule has 0 atom stereocenters. The van der Waals surface area contributed by atoms with Crippen molar-refractivity contribution in [2.75, 3.05) is 0 Å². The Bertz CT molecular complexity index is 295. The molecule has 1 heterocycles. The Kier molecular flexibility index (Phi) is 1.60. The van der Waals surface area contributed by atoms with E-state index < -0.39 is 0 Å². The van der Waals surface area contributed by atoms with Crippen LogP contribution in [0.15, 0.2) is 10.6 Å². The molecule has 72 valence electrons. The molecular weight excluding hydrogens is 162 g/mol. The van der Waals surface area contributed by atoms with Crippen molar-refractivity contribution >= 4 is 0 Å². The van der Waals surface area contributed by atoms with Gasteiger partial charge in [-0.05, 0) is 12.8 Å². The maximum absolute atomic E-state index is 5.76. The SMILES string of the molecule is CC(C)(C)c1ncc(C2(C)CC2)o1. The van der Waals surface area contributed by atoms with Crippen LogP contribution in [0.5, 0.6) is 0 Å². The Balaban J connectivity index is 2.29. The van der Waals surface area contributed by atoms with Crippen molar-refractivity contribution in [1.82, 2.24) is 4.98 Å². The second-order valence-electron chi connectivity index (χ2n) is 5.34. The molecule has 0 N–H and O–H groups in total. The Morgan fingerprint density at radius 1 is 1.38 bits per heavy atom. The van der Waals surface area contributed by atoms with Crippen molar-refractivity contribution in [3.63, 3.8) is 0 Å². The average molecular weight is 179 g/mol. The zero-order chi connectivity index (χ0) is 9.69. The molecular formula is C11H17NO. The second kappa shape index (κ2) is 2.37. The molecule has 1 aromatic rings. The van der Waals surface area contributed by atoms with Crippen LogP contribution in [0.1, 0.15) is 52.2 Å². The molecule has 0 unspecified atom stereocenters. The van der Waals surface area contributed by atoms with Crippen LogP contribution in [0, 0.1) is 0 Å². The first-order valence-electron chi connectivity index (χ1n) is 4.89. The summed E-state index contributed by atoms with van der Waals surface area (Å²) < 4.78 is 5.76. The van der Waals surface area contributed by atoms with Gasteiger partial charge in [0.25, 0.3) is 0 Å². The first kappa shape index (κ1) is 8.79. The molecule has 1 aliphatic carbocycles. The summed E-state index contributed by atoms with van der Waals surface area (Å²) in [6.45, 7) is 8.60. The minimum absolute atomic E-state index is 0.0312. The monoisotopic (exact) mass is 179 g/mol. The van der Waals surface area contributed by atoms with Gasteiger partial charge >= 0.3 is 0 Å². The summed E-state index contributed by atoms with van der Waals surface area (Å²) in [4.78, 5) is 4.33. The standard InChI is InChI=1S/C11H17NO/c1-10(2,3)9-12-7-8(13-9)11(4)5-6-11/h7H,5-6H2,1-4H3. The van der Waals surface area contributed by atoms with E-state index in [1.54, 1.807) is 0 Å². The molecule has 1 aliphatic rings. The van der Waals surface area contributed by atoms with Crippen molar-refractivity contribution in [2.24, 2.45) is 0 Å². The lowest BCUT2D eigenvalue weighted by molar-refractivity contribution is 0.357. The zero-order valence-electron chi connectivity index (χ0n) is 8.85. The molecule has 0 spiro atoms. The fourth-order valence-electron chi connectivity index (χ4n) is 1.33. The van der Waals surface area contributed by atoms with Crippen molar-refractivity contribution in [1.29, 1.82) is 0 Å². The minimum Gasteiger partial charge on any atom is -0.445 e. The maximum atomic E-state index is 5.76. The van der Waals surface area contributed by atoms with Crippen LogP contribution in [0.3, 0.4) is 0 Å². The van der Waals surface area contributed by atoms with Gasteiger partial charge in [-0.3, -0.25) is 0 Å². The van der Waals surface area contributed by atoms with E-state index in [2.05, 4.69) is 32.7 Å². The van der Waals surface area contributed by atoms with Crippen molar-refractivity contribution in [3.05, 3.63) is 17.8 Å². The summed E-state index contributed by atoms with van der Waals surface area (Å²) in [7, 11) is 0. The highest BCUT2D eigenvalue weighted by atomic mass is 16.4. The molecule has 2 rings (SSSR count). The summed E-state index contributed by atoms with van der Waals surface area (Å²) in [5.74, 6) is 1.92. The van der Waals surface area contributed by atoms with E-state index in [0.717, 1.165) is 11.7 Å². The predicted octanol–water partition coefficient (Wildman–Crippen LogP) is 3.02. The third kappa shape index (κ3) is 1.50. The summed E-state index contributed by atoms with van der Waals surface area (Å²) in [6, 6.07) is 0. The number of hydrogen-bond acceptors (Lipinski definition) is 2. The normalized spacial score (nSPS) is 20.3. The molecule has 0 amide bonds. The van der Waals surface area contributed by atoms with E-state index in [0.29, 0.717) is 5.41 Å². The predicted molar refractivity (Wildman–Crippen MR) is 51.8 cm³/mol. The highest BCUT2D eigenvalue weighted by Crippen LogP contribution is 2.48. The van der Waals surface area contributed by atoms with Crippen LogP contribution in [-0.2, 0) is 10.8 Å². The molecule has 0 aromatic carbocycles. The highest BCUT2D eigenvalue weighted by molar-refractivity contribution is 5.19. The van der Waals surface area contributed by atoms with Crippen LogP contribution < -0.4 is 0 Å². The fraction of sp³-hybridized carbons (Fsp3) is 0.727. The van der Waals surface area contributed by atoms with Gasteiger partial charge in [-0.2, -0.15) is 0 Å². The number of nitrogens with zero attached hydrogens (tertiary/aromatic N) is 1. The third-order valence-corrected chi connectivity index (χ3v) is 2.74. The number of oxazole rings is 1. The molecule has 1 aromatic heterocycles. The topological polar surface area (TPSA) is 26.0 Å². The Morgan fingerprint density at radius 2 is 2.00 bits per heavy atom. The van der Waals surface area contributed by atoms with E-state index in [9.17, 15) is 0 Å². The van der Waals surface area contributed by atoms with Crippen LogP contribution in [0.4, 0.5) is 0 Å². The Morgan fingerprint density at radius 3 is 2.38 bits per heavy atom. The van der Waals surface area contributed by atoms with Gasteiger partial charge in [-0.15, -0.1) is 0 Å². The number of aromatic nitrogens is 1. The van der Waals surface area contributed by atoms with Crippen molar-refractivity contribution < 1.29 is 4.42 Å². The minimum atomic E-state index is 0.0312. The van der Waals surface area contributed by atoms with E-state index in [1.807, 2.05) is 6.20 Å². The number of hydrogen-bond donors (Lipinski definition) is 0. The van der Waals surface area contributed by atoms with Crippen LogP contribution in [0.25, 0.3) is 0 Å². The molecule has 0 saturated heterocycles. The van der Waals surface area contributed by atoms with Crippen LogP contribution >= 0.6 is 0 Å². The Hall–Kier alpha value is -0.790. The largest absolute Gasteiger partial charge is 0.445 e. The van der Waals surface area contributed by atoms with Gasteiger partial charge in [0, 0.05) is 10.8 Å².